The molecule has 0 atom stereocenters. The van der Waals surface area contributed by atoms with Gasteiger partial charge in [0.25, 0.3) is 0 Å². The molecule has 0 amide bonds. The van der Waals surface area contributed by atoms with Crippen LogP contribution >= 0.6 is 11.3 Å². The summed E-state index contributed by atoms with van der Waals surface area (Å²) in [6, 6.07) is 9.85. The van der Waals surface area contributed by atoms with E-state index >= 15 is 0 Å². The molecule has 2 aromatic carbocycles. The number of rotatable bonds is 6. The summed E-state index contributed by atoms with van der Waals surface area (Å²) in [5, 5.41) is 12.9. The van der Waals surface area contributed by atoms with Gasteiger partial charge in [-0.15, -0.1) is 0 Å². The highest BCUT2D eigenvalue weighted by Crippen LogP contribution is 2.33. The van der Waals surface area contributed by atoms with Crippen LogP contribution in [0, 0.1) is 18.6 Å². The van der Waals surface area contributed by atoms with Gasteiger partial charge in [0.15, 0.2) is 11.6 Å². The molecule has 0 aliphatic carbocycles. The van der Waals surface area contributed by atoms with Gasteiger partial charge in [0.05, 0.1) is 17.9 Å². The quantitative estimate of drug-likeness (QED) is 0.488. The van der Waals surface area contributed by atoms with E-state index in [1.807, 2.05) is 0 Å². The van der Waals surface area contributed by atoms with Gasteiger partial charge < -0.3 is 9.84 Å². The maximum atomic E-state index is 14.6. The number of ether oxygens (including phenoxy) is 1. The minimum absolute atomic E-state index is 0.0221. The summed E-state index contributed by atoms with van der Waals surface area (Å²) in [4.78, 5) is 27.5. The Balaban J connectivity index is 1.59. The number of carboxylic acids is 1. The topological polar surface area (TPSA) is 99.2 Å². The average Bonchev–Trinajstić information content (AvgIpc) is 3.28. The molecule has 158 valence electrons. The molecule has 31 heavy (non-hydrogen) atoms. The number of thiazole rings is 1. The fourth-order valence-corrected chi connectivity index (χ4v) is 3.57. The lowest BCUT2D eigenvalue weighted by Gasteiger charge is -2.07. The highest BCUT2D eigenvalue weighted by atomic mass is 32.1. The molecule has 4 aromatic rings. The second-order valence-corrected chi connectivity index (χ2v) is 7.42. The van der Waals surface area contributed by atoms with Gasteiger partial charge in [0.2, 0.25) is 10.1 Å². The molecule has 2 aromatic heterocycles. The molecule has 0 unspecified atom stereocenters. The number of aromatic nitrogens is 4. The normalized spacial score (nSPS) is 10.9. The maximum absolute atomic E-state index is 14.6. The van der Waals surface area contributed by atoms with E-state index in [4.69, 9.17) is 9.84 Å². The highest BCUT2D eigenvalue weighted by Gasteiger charge is 2.17. The molecule has 0 saturated carbocycles. The Morgan fingerprint density at radius 1 is 1.19 bits per heavy atom. The minimum atomic E-state index is -1.20. The number of aryl methyl sites for hydroxylation is 1. The molecule has 1 N–H and O–H groups in total. The van der Waals surface area contributed by atoms with E-state index in [9.17, 15) is 18.4 Å². The average molecular weight is 444 g/mol. The van der Waals surface area contributed by atoms with Crippen LogP contribution in [0.25, 0.3) is 5.69 Å². The van der Waals surface area contributed by atoms with Crippen LogP contribution in [-0.4, -0.2) is 30.4 Å². The number of carbonyl (C=O) groups is 1. The smallest absolute Gasteiger partial charge is 0.365 e. The molecule has 0 spiro atoms. The molecule has 0 fully saturated rings. The van der Waals surface area contributed by atoms with Gasteiger partial charge in [-0.05, 0) is 25.1 Å². The van der Waals surface area contributed by atoms with Crippen LogP contribution in [-0.2, 0) is 6.54 Å². The predicted molar refractivity (Wildman–Crippen MR) is 107 cm³/mol. The molecule has 0 radical (unpaired) electrons. The van der Waals surface area contributed by atoms with Crippen LogP contribution in [0.4, 0.5) is 8.78 Å². The van der Waals surface area contributed by atoms with Crippen LogP contribution in [0.2, 0.25) is 0 Å². The SMILES string of the molecule is Cc1nc(C(=O)O)sc1Oc1ccc(-n2ncn(Cc3ccccc3F)c2=O)cc1F. The van der Waals surface area contributed by atoms with Crippen molar-refractivity contribution >= 4 is 17.3 Å². The third kappa shape index (κ3) is 4.08. The zero-order valence-electron chi connectivity index (χ0n) is 16.0. The zero-order chi connectivity index (χ0) is 22.1. The second-order valence-electron chi connectivity index (χ2n) is 6.46. The summed E-state index contributed by atoms with van der Waals surface area (Å²) < 4.78 is 36.1. The van der Waals surface area contributed by atoms with Crippen molar-refractivity contribution in [2.75, 3.05) is 0 Å². The zero-order valence-corrected chi connectivity index (χ0v) is 16.8. The van der Waals surface area contributed by atoms with E-state index in [0.717, 1.165) is 22.1 Å². The number of halogens is 2. The molecular formula is C20H14F2N4O4S. The minimum Gasteiger partial charge on any atom is -0.476 e. The Morgan fingerprint density at radius 3 is 2.65 bits per heavy atom. The summed E-state index contributed by atoms with van der Waals surface area (Å²) in [6.45, 7) is 1.53. The molecule has 4 rings (SSSR count). The largest absolute Gasteiger partial charge is 0.476 e. The summed E-state index contributed by atoms with van der Waals surface area (Å²) in [5.74, 6) is -2.59. The third-order valence-electron chi connectivity index (χ3n) is 4.33. The lowest BCUT2D eigenvalue weighted by Crippen LogP contribution is -2.24. The Kier molecular flexibility index (Phi) is 5.34. The first-order valence-electron chi connectivity index (χ1n) is 8.90. The van der Waals surface area contributed by atoms with Gasteiger partial charge in [-0.3, -0.25) is 4.57 Å². The number of hydrogen-bond acceptors (Lipinski definition) is 6. The molecular weight excluding hydrogens is 430 g/mol. The van der Waals surface area contributed by atoms with Crippen LogP contribution in [0.3, 0.4) is 0 Å². The molecule has 0 bridgehead atoms. The van der Waals surface area contributed by atoms with Crippen LogP contribution in [0.15, 0.2) is 53.6 Å². The maximum Gasteiger partial charge on any atom is 0.365 e. The fraction of sp³-hybridized carbons (Fsp3) is 0.100. The van der Waals surface area contributed by atoms with Crippen molar-refractivity contribution in [1.29, 1.82) is 0 Å². The Bertz CT molecular complexity index is 1350. The number of aromatic carboxylic acids is 1. The van der Waals surface area contributed by atoms with Gasteiger partial charge in [-0.2, -0.15) is 9.78 Å². The van der Waals surface area contributed by atoms with Crippen molar-refractivity contribution in [3.63, 3.8) is 0 Å². The lowest BCUT2D eigenvalue weighted by molar-refractivity contribution is 0.0696. The summed E-state index contributed by atoms with van der Waals surface area (Å²) in [6.07, 6.45) is 1.24. The molecule has 11 heteroatoms. The summed E-state index contributed by atoms with van der Waals surface area (Å²) in [5.41, 5.74) is 0.212. The Morgan fingerprint density at radius 2 is 1.97 bits per heavy atom. The Labute approximate surface area is 177 Å². The second kappa shape index (κ2) is 8.11. The van der Waals surface area contributed by atoms with Gasteiger partial charge >= 0.3 is 11.7 Å². The van der Waals surface area contributed by atoms with E-state index in [0.29, 0.717) is 11.3 Å². The van der Waals surface area contributed by atoms with Crippen molar-refractivity contribution in [1.82, 2.24) is 19.3 Å². The summed E-state index contributed by atoms with van der Waals surface area (Å²) >= 11 is 0.778. The van der Waals surface area contributed by atoms with E-state index in [1.165, 1.54) is 29.1 Å². The first-order chi connectivity index (χ1) is 14.8. The van der Waals surface area contributed by atoms with Gasteiger partial charge in [0.1, 0.15) is 12.1 Å². The first kappa shape index (κ1) is 20.4. The van der Waals surface area contributed by atoms with Crippen molar-refractivity contribution < 1.29 is 23.4 Å². The number of benzene rings is 2. The first-order valence-corrected chi connectivity index (χ1v) is 9.71. The monoisotopic (exact) mass is 444 g/mol. The van der Waals surface area contributed by atoms with Gasteiger partial charge in [0, 0.05) is 11.6 Å². The van der Waals surface area contributed by atoms with Crippen molar-refractivity contribution in [3.05, 3.63) is 87.2 Å². The van der Waals surface area contributed by atoms with Gasteiger partial charge in [-0.1, -0.05) is 29.5 Å². The van der Waals surface area contributed by atoms with Crippen LogP contribution in [0.1, 0.15) is 21.1 Å². The number of hydrogen-bond donors (Lipinski definition) is 1. The summed E-state index contributed by atoms with van der Waals surface area (Å²) in [7, 11) is 0. The van der Waals surface area contributed by atoms with Crippen molar-refractivity contribution in [2.24, 2.45) is 0 Å². The molecule has 0 saturated heterocycles. The standard InChI is InChI=1S/C20H14F2N4O4S/c1-11-19(31-17(24-11)18(27)28)30-16-7-6-13(8-15(16)22)26-20(29)25(10-23-26)9-12-4-2-3-5-14(12)21/h2-8,10H,9H2,1H3,(H,27,28). The molecule has 2 heterocycles. The lowest BCUT2D eigenvalue weighted by atomic mass is 10.2. The van der Waals surface area contributed by atoms with Gasteiger partial charge in [-0.25, -0.2) is 23.4 Å². The van der Waals surface area contributed by atoms with Crippen LogP contribution < -0.4 is 10.4 Å². The van der Waals surface area contributed by atoms with Crippen LogP contribution in [0.5, 0.6) is 10.8 Å². The third-order valence-corrected chi connectivity index (χ3v) is 5.35. The fourth-order valence-electron chi connectivity index (χ4n) is 2.80. The Hall–Kier alpha value is -3.86. The predicted octanol–water partition coefficient (Wildman–Crippen LogP) is 3.62. The highest BCUT2D eigenvalue weighted by molar-refractivity contribution is 7.15. The van der Waals surface area contributed by atoms with E-state index in [2.05, 4.69) is 10.1 Å². The molecule has 0 aliphatic rings. The van der Waals surface area contributed by atoms with Crippen molar-refractivity contribution in [2.45, 2.75) is 13.5 Å². The molecule has 8 nitrogen and oxygen atoms in total. The molecule has 0 aliphatic heterocycles. The van der Waals surface area contributed by atoms with E-state index in [1.54, 1.807) is 25.1 Å². The number of nitrogens with zero attached hydrogens (tertiary/aromatic N) is 4. The van der Waals surface area contributed by atoms with E-state index in [-0.39, 0.29) is 28.1 Å². The number of carboxylic acid groups (broad SMARTS) is 1. The van der Waals surface area contributed by atoms with Crippen molar-refractivity contribution in [3.8, 4) is 16.5 Å². The van der Waals surface area contributed by atoms with E-state index < -0.39 is 23.3 Å².